The Hall–Kier alpha value is -2.20. The minimum absolute atomic E-state index is 0.0224. The highest BCUT2D eigenvalue weighted by molar-refractivity contribution is 7.61. The number of hydrogen-bond acceptors (Lipinski definition) is 17. The maximum atomic E-state index is 12.5. The van der Waals surface area contributed by atoms with Crippen LogP contribution in [-0.4, -0.2) is 115 Å². The van der Waals surface area contributed by atoms with E-state index < -0.39 is 85.8 Å². The van der Waals surface area contributed by atoms with Crippen LogP contribution < -0.4 is 5.73 Å². The van der Waals surface area contributed by atoms with Crippen molar-refractivity contribution in [1.82, 2.24) is 24.4 Å². The zero-order chi connectivity index (χ0) is 32.7. The molecule has 25 heteroatoms. The molecule has 2 unspecified atom stereocenters. The van der Waals surface area contributed by atoms with Gasteiger partial charge in [0, 0.05) is 12.4 Å². The molecule has 2 saturated heterocycles. The average Bonchev–Trinajstić information content (AvgIpc) is 3.61. The van der Waals surface area contributed by atoms with Crippen molar-refractivity contribution in [1.29, 1.82) is 0 Å². The molecule has 5 heterocycles. The van der Waals surface area contributed by atoms with E-state index in [-0.39, 0.29) is 17.0 Å². The first-order valence-electron chi connectivity index (χ1n) is 12.8. The van der Waals surface area contributed by atoms with E-state index in [2.05, 4.69) is 19.3 Å². The van der Waals surface area contributed by atoms with Gasteiger partial charge in [-0.25, -0.2) is 28.6 Å². The molecule has 0 spiro atoms. The van der Waals surface area contributed by atoms with Gasteiger partial charge >= 0.3 is 23.5 Å². The van der Waals surface area contributed by atoms with Crippen LogP contribution in [0, 0.1) is 0 Å². The number of hydrogen-bond donors (Lipinski definition) is 8. The number of rotatable bonds is 12. The van der Waals surface area contributed by atoms with Crippen LogP contribution in [-0.2, 0) is 41.1 Å². The molecule has 9 N–H and O–H groups in total. The Labute approximate surface area is 252 Å². The molecular weight excluding hydrogens is 673 g/mol. The summed E-state index contributed by atoms with van der Waals surface area (Å²) < 4.78 is 67.1. The third-order valence-electron chi connectivity index (χ3n) is 6.70. The van der Waals surface area contributed by atoms with Gasteiger partial charge in [0.25, 0.3) is 0 Å². The minimum Gasteiger partial charge on any atom is -0.387 e. The van der Waals surface area contributed by atoms with Crippen molar-refractivity contribution >= 4 is 40.4 Å². The van der Waals surface area contributed by atoms with E-state index in [1.807, 2.05) is 0 Å². The summed E-state index contributed by atoms with van der Waals surface area (Å²) in [6.45, 7) is -1.89. The summed E-state index contributed by atoms with van der Waals surface area (Å²) >= 11 is 0. The smallest absolute Gasteiger partial charge is 0.387 e. The van der Waals surface area contributed by atoms with E-state index in [0.29, 0.717) is 6.42 Å². The molecule has 2 aromatic heterocycles. The Bertz CT molecular complexity index is 1570. The van der Waals surface area contributed by atoms with Gasteiger partial charge in [-0.05, 0) is 6.42 Å². The number of nitrogen functional groups attached to an aromatic ring is 1. The molecule has 0 aliphatic carbocycles. The highest BCUT2D eigenvalue weighted by atomic mass is 31.3. The number of aromatic nitrogens is 4. The lowest BCUT2D eigenvalue weighted by Crippen LogP contribution is -2.39. The molecule has 0 bridgehead atoms. The Morgan fingerprint density at radius 3 is 2.09 bits per heavy atom. The van der Waals surface area contributed by atoms with Crippen LogP contribution in [0.15, 0.2) is 37.2 Å². The first-order valence-corrected chi connectivity index (χ1v) is 17.4. The van der Waals surface area contributed by atoms with E-state index in [1.54, 1.807) is 24.6 Å². The Morgan fingerprint density at radius 2 is 1.47 bits per heavy atom. The monoisotopic (exact) mass is 702 g/mol. The van der Waals surface area contributed by atoms with Crippen LogP contribution in [0.3, 0.4) is 0 Å². The molecule has 10 atom stereocenters. The second kappa shape index (κ2) is 13.1. The van der Waals surface area contributed by atoms with E-state index in [0.717, 1.165) is 17.2 Å². The Balaban J connectivity index is 1.20. The van der Waals surface area contributed by atoms with Crippen LogP contribution in [0.2, 0.25) is 0 Å². The summed E-state index contributed by atoms with van der Waals surface area (Å²) in [6, 6.07) is 0. The summed E-state index contributed by atoms with van der Waals surface area (Å²) in [7, 11) is -16.1. The first kappa shape index (κ1) is 34.1. The van der Waals surface area contributed by atoms with E-state index in [9.17, 15) is 48.6 Å². The minimum atomic E-state index is -5.46. The van der Waals surface area contributed by atoms with Crippen molar-refractivity contribution in [2.45, 2.75) is 55.5 Å². The third-order valence-corrected chi connectivity index (χ3v) is 9.82. The standard InChI is InChI=1S/C20H29N6O16P3/c21-17-12-18(23-8-22-17)26(9-24-12)20-16(41-43(30,31)32)14(28)11(40-20)7-38-45(35,36)42-44(33,34)37-6-10-13(27)15(29)19(39-10)25-4-2-1-3-5-25/h2-5,8-11,13-16,19-20,27-29H,1,6-7H2,(H,33,34)(H,35,36)(H2,21,22,23)(H2,30,31,32)/t10-,11-,13-,14-,15-,16-,19-,20-/m1/s1. The van der Waals surface area contributed by atoms with E-state index in [1.165, 1.54) is 4.90 Å². The zero-order valence-electron chi connectivity index (χ0n) is 22.7. The topological polar surface area (TPSA) is 321 Å². The first-order chi connectivity index (χ1) is 21.1. The van der Waals surface area contributed by atoms with Crippen molar-refractivity contribution in [2.75, 3.05) is 18.9 Å². The van der Waals surface area contributed by atoms with Gasteiger partial charge in [-0.1, -0.05) is 12.2 Å². The maximum Gasteiger partial charge on any atom is 0.481 e. The number of aliphatic hydroxyl groups is 3. The average molecular weight is 702 g/mol. The molecule has 5 rings (SSSR count). The lowest BCUT2D eigenvalue weighted by atomic mass is 10.1. The molecule has 250 valence electrons. The number of ether oxygens (including phenoxy) is 2. The van der Waals surface area contributed by atoms with Gasteiger partial charge < -0.3 is 55.0 Å². The van der Waals surface area contributed by atoms with Crippen molar-refractivity contribution < 1.29 is 75.9 Å². The number of phosphoric acid groups is 3. The fourth-order valence-corrected chi connectivity index (χ4v) is 7.33. The molecule has 0 aromatic carbocycles. The Kier molecular flexibility index (Phi) is 9.96. The number of nitrogens with two attached hydrogens (primary N) is 1. The number of nitrogens with zero attached hydrogens (tertiary/aromatic N) is 5. The molecule has 2 aromatic rings. The van der Waals surface area contributed by atoms with Crippen LogP contribution in [0.4, 0.5) is 5.82 Å². The number of imidazole rings is 1. The lowest BCUT2D eigenvalue weighted by Gasteiger charge is -2.27. The maximum absolute atomic E-state index is 12.5. The predicted octanol–water partition coefficient (Wildman–Crippen LogP) is -1.42. The van der Waals surface area contributed by atoms with Gasteiger partial charge in [0.15, 0.2) is 23.9 Å². The largest absolute Gasteiger partial charge is 0.481 e. The number of phosphoric ester groups is 3. The third kappa shape index (κ3) is 7.86. The quantitative estimate of drug-likeness (QED) is 0.118. The molecular formula is C20H29N6O16P3. The highest BCUT2D eigenvalue weighted by Crippen LogP contribution is 2.61. The summed E-state index contributed by atoms with van der Waals surface area (Å²) in [5, 5.41) is 31.3. The van der Waals surface area contributed by atoms with Gasteiger partial charge in [-0.15, -0.1) is 0 Å². The predicted molar refractivity (Wildman–Crippen MR) is 145 cm³/mol. The van der Waals surface area contributed by atoms with Gasteiger partial charge in [-0.3, -0.25) is 18.1 Å². The zero-order valence-corrected chi connectivity index (χ0v) is 25.3. The number of allylic oxidation sites excluding steroid dienone is 2. The van der Waals surface area contributed by atoms with Crippen molar-refractivity contribution in [3.63, 3.8) is 0 Å². The molecule has 2 fully saturated rings. The molecule has 0 amide bonds. The van der Waals surface area contributed by atoms with Crippen LogP contribution >= 0.6 is 23.5 Å². The van der Waals surface area contributed by atoms with Gasteiger partial charge in [0.1, 0.15) is 48.5 Å². The molecule has 3 aliphatic heterocycles. The second-order valence-corrected chi connectivity index (χ2v) is 14.0. The molecule has 22 nitrogen and oxygen atoms in total. The lowest BCUT2D eigenvalue weighted by molar-refractivity contribution is -0.0649. The SMILES string of the molecule is Nc1ncnc2c1ncn2[C@@H]1O[C@H](COP(=O)(O)OP(=O)(O)OC[C@H]2O[C@@H](N3C=CCC=C3)[C@H](O)[C@@H]2O)[C@@H](O)[C@H]1OP(=O)(O)O. The summed E-state index contributed by atoms with van der Waals surface area (Å²) in [6.07, 6.45) is -2.79. The second-order valence-electron chi connectivity index (χ2n) is 9.81. The van der Waals surface area contributed by atoms with Gasteiger partial charge in [-0.2, -0.15) is 4.31 Å². The van der Waals surface area contributed by atoms with Crippen LogP contribution in [0.25, 0.3) is 11.2 Å². The summed E-state index contributed by atoms with van der Waals surface area (Å²) in [5.74, 6) is -0.0417. The van der Waals surface area contributed by atoms with Gasteiger partial charge in [0.2, 0.25) is 0 Å². The highest BCUT2D eigenvalue weighted by Gasteiger charge is 2.50. The number of anilines is 1. The van der Waals surface area contributed by atoms with Crippen molar-refractivity contribution in [2.24, 2.45) is 0 Å². The molecule has 0 radical (unpaired) electrons. The van der Waals surface area contributed by atoms with Gasteiger partial charge in [0.05, 0.1) is 19.5 Å². The summed E-state index contributed by atoms with van der Waals surface area (Å²) in [5.41, 5.74) is 5.86. The molecule has 3 aliphatic rings. The van der Waals surface area contributed by atoms with Crippen molar-refractivity contribution in [3.05, 3.63) is 37.2 Å². The van der Waals surface area contributed by atoms with Crippen LogP contribution in [0.5, 0.6) is 0 Å². The molecule has 0 saturated carbocycles. The van der Waals surface area contributed by atoms with Crippen LogP contribution in [0.1, 0.15) is 12.6 Å². The number of aliphatic hydroxyl groups excluding tert-OH is 3. The van der Waals surface area contributed by atoms with E-state index in [4.69, 9.17) is 28.8 Å². The summed E-state index contributed by atoms with van der Waals surface area (Å²) in [4.78, 5) is 52.1. The normalized spacial score (nSPS) is 33.1. The fourth-order valence-electron chi connectivity index (χ4n) is 4.70. The fraction of sp³-hybridized carbons (Fsp3) is 0.550. The Morgan fingerprint density at radius 1 is 0.867 bits per heavy atom. The number of fused-ring (bicyclic) bond motifs is 1. The van der Waals surface area contributed by atoms with Crippen molar-refractivity contribution in [3.8, 4) is 0 Å². The van der Waals surface area contributed by atoms with E-state index >= 15 is 0 Å². The molecule has 45 heavy (non-hydrogen) atoms.